The first-order chi connectivity index (χ1) is 48.2. The molecule has 0 radical (unpaired) electrons. The molecule has 6 fully saturated rings. The van der Waals surface area contributed by atoms with Crippen LogP contribution in [-0.4, -0.2) is 225 Å². The molecular weight excluding hydrogens is 1420 g/mol. The monoisotopic (exact) mass is 1530 g/mol. The minimum atomic E-state index is -0.840. The third-order valence-electron chi connectivity index (χ3n) is 16.3. The van der Waals surface area contributed by atoms with Gasteiger partial charge in [0.25, 0.3) is 0 Å². The second-order valence-corrected chi connectivity index (χ2v) is 31.6. The van der Waals surface area contributed by atoms with Gasteiger partial charge < -0.3 is 73.4 Å². The molecule has 2 aromatic carbocycles. The molecule has 103 heavy (non-hydrogen) atoms. The molecule has 6 aliphatic rings. The Morgan fingerprint density at radius 3 is 1.02 bits per heavy atom. The van der Waals surface area contributed by atoms with Gasteiger partial charge in [-0.3, -0.25) is 28.8 Å². The fraction of sp³-hybridized carbons (Fsp3) is 0.703. The quantitative estimate of drug-likeness (QED) is 0.113. The predicted molar refractivity (Wildman–Crippen MR) is 397 cm³/mol. The third kappa shape index (κ3) is 39.4. The van der Waals surface area contributed by atoms with E-state index in [4.69, 9.17) is 85.0 Å². The number of nitrogens with one attached hydrogen (secondary N) is 1. The van der Waals surface area contributed by atoms with Gasteiger partial charge in [-0.15, -0.1) is 46.4 Å². The lowest BCUT2D eigenvalue weighted by Crippen LogP contribution is -2.50. The number of halogens is 4. The SMILES string of the molecule is CC(C)(C)OC(=O)N1CCCC(C(=O)N2CCCC(C(=O)OCc3ccccc3)C2)C1.CC(C)(C)OC(=O)N1CCCC(C(=O)O)C1.CC(C)(C)OC(=O)N1CCCC(C(=O)O)C1.CN(C)C(=O)C1CCCN(C(=O)OC(C)(C)C)C1.ClCCl.ClCCl.O=C(OCc1ccccc1)C1CCCNC1. The summed E-state index contributed by atoms with van der Waals surface area (Å²) in [6.45, 7) is 29.0. The van der Waals surface area contributed by atoms with Crippen molar-refractivity contribution in [3.05, 3.63) is 71.8 Å². The van der Waals surface area contributed by atoms with Crippen LogP contribution in [0.5, 0.6) is 0 Å². The van der Waals surface area contributed by atoms with Gasteiger partial charge in [0.2, 0.25) is 11.8 Å². The van der Waals surface area contributed by atoms with Crippen molar-refractivity contribution in [1.29, 1.82) is 0 Å². The second kappa shape index (κ2) is 47.1. The van der Waals surface area contributed by atoms with E-state index in [1.807, 2.05) is 102 Å². The molecule has 6 aliphatic heterocycles. The van der Waals surface area contributed by atoms with Crippen molar-refractivity contribution >= 4 is 106 Å². The molecule has 6 atom stereocenters. The molecular formula is C74H117Cl4N7O18. The van der Waals surface area contributed by atoms with Crippen LogP contribution < -0.4 is 5.32 Å². The zero-order valence-corrected chi connectivity index (χ0v) is 66.2. The summed E-state index contributed by atoms with van der Waals surface area (Å²) in [4.78, 5) is 128. The average molecular weight is 1530 g/mol. The molecule has 29 heteroatoms. The Morgan fingerprint density at radius 1 is 0.417 bits per heavy atom. The van der Waals surface area contributed by atoms with Crippen molar-refractivity contribution in [2.45, 2.75) is 196 Å². The van der Waals surface area contributed by atoms with E-state index >= 15 is 0 Å². The number of piperidine rings is 6. The molecule has 3 N–H and O–H groups in total. The van der Waals surface area contributed by atoms with Crippen molar-refractivity contribution in [1.82, 2.24) is 34.7 Å². The van der Waals surface area contributed by atoms with Gasteiger partial charge in [0.15, 0.2) is 0 Å². The predicted octanol–water partition coefficient (Wildman–Crippen LogP) is 13.3. The Hall–Kier alpha value is -6.54. The molecule has 6 amide bonds. The Morgan fingerprint density at radius 2 is 0.699 bits per heavy atom. The van der Waals surface area contributed by atoms with Crippen molar-refractivity contribution < 1.29 is 86.6 Å². The number of aliphatic carboxylic acids is 2. The number of amides is 6. The smallest absolute Gasteiger partial charge is 0.410 e. The highest BCUT2D eigenvalue weighted by atomic mass is 35.5. The summed E-state index contributed by atoms with van der Waals surface area (Å²) in [6.07, 6.45) is 7.90. The highest BCUT2D eigenvalue weighted by Gasteiger charge is 2.38. The minimum Gasteiger partial charge on any atom is -0.481 e. The average Bonchev–Trinajstić information content (AvgIpc) is 0.838. The number of carboxylic acid groups (broad SMARTS) is 2. The fourth-order valence-corrected chi connectivity index (χ4v) is 11.4. The van der Waals surface area contributed by atoms with Crippen LogP contribution in [0, 0.1) is 35.5 Å². The molecule has 584 valence electrons. The standard InChI is InChI=1S/C24H34N2O5.C13H24N2O3.C13H17NO2.2C11H19NO4.2CH2Cl2/c1-24(2,3)31-23(29)26-14-7-11-19(15-26)21(27)25-13-8-12-20(16-25)22(28)30-17-18-9-5-4-6-10-18;1-13(2,3)18-12(17)15-8-6-7-10(9-15)11(16)14(4)5;15-13(12-7-4-8-14-9-12)16-10-11-5-2-1-3-6-11;2*1-11(2,3)16-10(15)12-6-4-5-8(7-12)9(13)14;2*2-1-3/h4-6,9-10,19-20H,7-8,11-17H2,1-3H3;10H,6-9H2,1-5H3;1-3,5-6,12,14H,4,7-10H2;2*8H,4-7H2,1-3H3,(H,13,14);2*1H2. The van der Waals surface area contributed by atoms with Crippen LogP contribution in [0.25, 0.3) is 0 Å². The zero-order valence-electron chi connectivity index (χ0n) is 63.2. The number of benzene rings is 2. The number of alkyl halides is 4. The number of ether oxygens (including phenoxy) is 6. The number of esters is 2. The van der Waals surface area contributed by atoms with E-state index in [0.29, 0.717) is 71.8 Å². The number of carbonyl (C=O) groups is 10. The summed E-state index contributed by atoms with van der Waals surface area (Å²) in [7, 11) is 3.49. The Labute approximate surface area is 630 Å². The molecule has 0 saturated carbocycles. The molecule has 0 aromatic heterocycles. The molecule has 6 unspecified atom stereocenters. The number of hydrogen-bond acceptors (Lipinski definition) is 17. The van der Waals surface area contributed by atoms with Crippen LogP contribution in [0.15, 0.2) is 60.7 Å². The maximum Gasteiger partial charge on any atom is 0.410 e. The number of nitrogens with zero attached hydrogens (tertiary/aromatic N) is 6. The van der Waals surface area contributed by atoms with Crippen LogP contribution in [0.4, 0.5) is 19.2 Å². The maximum atomic E-state index is 13.1. The number of carboxylic acids is 2. The number of hydrogen-bond donors (Lipinski definition) is 3. The largest absolute Gasteiger partial charge is 0.481 e. The summed E-state index contributed by atoms with van der Waals surface area (Å²) in [5.41, 5.74) is -0.131. The van der Waals surface area contributed by atoms with Crippen LogP contribution in [0.3, 0.4) is 0 Å². The lowest BCUT2D eigenvalue weighted by atomic mass is 9.93. The highest BCUT2D eigenvalue weighted by molar-refractivity contribution is 6.41. The van der Waals surface area contributed by atoms with E-state index in [1.54, 1.807) is 75.2 Å². The van der Waals surface area contributed by atoms with E-state index in [1.165, 1.54) is 9.80 Å². The first kappa shape index (κ1) is 92.5. The molecule has 8 rings (SSSR count). The second-order valence-electron chi connectivity index (χ2n) is 30.0. The number of rotatable bonds is 10. The third-order valence-corrected chi connectivity index (χ3v) is 16.3. The van der Waals surface area contributed by atoms with Gasteiger partial charge in [-0.1, -0.05) is 60.7 Å². The Bertz CT molecular complexity index is 2840. The van der Waals surface area contributed by atoms with Crippen LogP contribution in [0.2, 0.25) is 0 Å². The summed E-state index contributed by atoms with van der Waals surface area (Å²) >= 11 is 19.1. The zero-order chi connectivity index (χ0) is 77.7. The summed E-state index contributed by atoms with van der Waals surface area (Å²) in [5.74, 6) is -3.41. The molecule has 0 aliphatic carbocycles. The van der Waals surface area contributed by atoms with E-state index in [9.17, 15) is 47.9 Å². The molecule has 0 bridgehead atoms. The topological polar surface area (TPSA) is 298 Å². The first-order valence-corrected chi connectivity index (χ1v) is 37.6. The van der Waals surface area contributed by atoms with E-state index in [-0.39, 0.29) is 90.0 Å². The van der Waals surface area contributed by atoms with Gasteiger partial charge in [-0.25, -0.2) is 19.2 Å². The van der Waals surface area contributed by atoms with Crippen LogP contribution in [0.1, 0.15) is 171 Å². The highest BCUT2D eigenvalue weighted by Crippen LogP contribution is 2.27. The van der Waals surface area contributed by atoms with Crippen molar-refractivity contribution in [3.63, 3.8) is 0 Å². The van der Waals surface area contributed by atoms with Crippen LogP contribution in [-0.2, 0) is 70.4 Å². The van der Waals surface area contributed by atoms with E-state index in [0.717, 1.165) is 88.4 Å². The Balaban J connectivity index is 0.000000441. The van der Waals surface area contributed by atoms with Gasteiger partial charge in [-0.2, -0.15) is 0 Å². The molecule has 0 spiro atoms. The maximum absolute atomic E-state index is 13.1. The van der Waals surface area contributed by atoms with Gasteiger partial charge in [0.1, 0.15) is 35.6 Å². The van der Waals surface area contributed by atoms with Gasteiger partial charge in [0, 0.05) is 86.1 Å². The lowest BCUT2D eigenvalue weighted by molar-refractivity contribution is -0.154. The molecule has 2 aromatic rings. The van der Waals surface area contributed by atoms with Crippen LogP contribution >= 0.6 is 46.4 Å². The van der Waals surface area contributed by atoms with Crippen molar-refractivity contribution in [2.24, 2.45) is 35.5 Å². The van der Waals surface area contributed by atoms with E-state index in [2.05, 4.69) is 5.32 Å². The van der Waals surface area contributed by atoms with Crippen molar-refractivity contribution in [3.8, 4) is 0 Å². The molecule has 6 heterocycles. The van der Waals surface area contributed by atoms with Crippen molar-refractivity contribution in [2.75, 3.05) is 103 Å². The minimum absolute atomic E-state index is 0.0221. The summed E-state index contributed by atoms with van der Waals surface area (Å²) in [6, 6.07) is 19.4. The Kier molecular flexibility index (Phi) is 42.3. The van der Waals surface area contributed by atoms with Gasteiger partial charge in [-0.05, 0) is 178 Å². The van der Waals surface area contributed by atoms with E-state index < -0.39 is 58.4 Å². The van der Waals surface area contributed by atoms with Gasteiger partial charge >= 0.3 is 48.3 Å². The molecule has 6 saturated heterocycles. The number of carbonyl (C=O) groups excluding carboxylic acids is 8. The fourth-order valence-electron chi connectivity index (χ4n) is 11.4. The molecule has 25 nitrogen and oxygen atoms in total. The first-order valence-electron chi connectivity index (χ1n) is 35.4. The normalized spacial score (nSPS) is 20.5. The summed E-state index contributed by atoms with van der Waals surface area (Å²) in [5, 5.41) is 21.4. The lowest BCUT2D eigenvalue weighted by Gasteiger charge is -2.38. The van der Waals surface area contributed by atoms with Gasteiger partial charge in [0.05, 0.1) is 46.2 Å². The number of likely N-dealkylation sites (tertiary alicyclic amines) is 5. The summed E-state index contributed by atoms with van der Waals surface area (Å²) < 4.78 is 32.0.